The Morgan fingerprint density at radius 2 is 2.31 bits per heavy atom. The van der Waals surface area contributed by atoms with Crippen molar-refractivity contribution >= 4 is 5.97 Å². The zero-order chi connectivity index (χ0) is 11.5. The molecule has 16 heavy (non-hydrogen) atoms. The molecule has 2 aromatic rings. The van der Waals surface area contributed by atoms with Gasteiger partial charge in [0.1, 0.15) is 5.56 Å². The molecule has 0 aliphatic carbocycles. The Morgan fingerprint density at radius 1 is 1.50 bits per heavy atom. The number of methoxy groups -OCH3 is 1. The molecular weight excluding hydrogens is 213 g/mol. The van der Waals surface area contributed by atoms with Crippen molar-refractivity contribution in [2.24, 2.45) is 0 Å². The Hall–Kier alpha value is -2.24. The molecule has 2 aromatic heterocycles. The molecule has 0 saturated carbocycles. The van der Waals surface area contributed by atoms with Crippen LogP contribution in [0, 0.1) is 5.95 Å². The van der Waals surface area contributed by atoms with Gasteiger partial charge in [-0.05, 0) is 12.1 Å². The third-order valence-corrected chi connectivity index (χ3v) is 1.98. The summed E-state index contributed by atoms with van der Waals surface area (Å²) in [6, 6.07) is 4.98. The standard InChI is InChI=1S/C10H8FN3O2/c1-16-10(15)7-6-13-14(9(7)11)8-4-2-3-5-12-8/h2-6H,1H3. The molecule has 0 aliphatic rings. The van der Waals surface area contributed by atoms with E-state index in [0.29, 0.717) is 5.82 Å². The summed E-state index contributed by atoms with van der Waals surface area (Å²) in [4.78, 5) is 15.1. The van der Waals surface area contributed by atoms with E-state index in [2.05, 4.69) is 14.8 Å². The van der Waals surface area contributed by atoms with Crippen molar-refractivity contribution in [2.75, 3.05) is 7.11 Å². The first-order valence-corrected chi connectivity index (χ1v) is 4.47. The maximum Gasteiger partial charge on any atom is 0.344 e. The van der Waals surface area contributed by atoms with Crippen LogP contribution in [0.2, 0.25) is 0 Å². The topological polar surface area (TPSA) is 57.0 Å². The molecule has 0 aromatic carbocycles. The number of rotatable bonds is 2. The van der Waals surface area contributed by atoms with Crippen molar-refractivity contribution in [3.05, 3.63) is 42.1 Å². The van der Waals surface area contributed by atoms with Gasteiger partial charge in [0.2, 0.25) is 5.95 Å². The van der Waals surface area contributed by atoms with Gasteiger partial charge in [0.15, 0.2) is 5.82 Å². The molecule has 0 aliphatic heterocycles. The lowest BCUT2D eigenvalue weighted by atomic mass is 10.3. The van der Waals surface area contributed by atoms with Crippen molar-refractivity contribution in [1.82, 2.24) is 14.8 Å². The van der Waals surface area contributed by atoms with Crippen molar-refractivity contribution in [1.29, 1.82) is 0 Å². The van der Waals surface area contributed by atoms with Crippen LogP contribution in [0.1, 0.15) is 10.4 Å². The third-order valence-electron chi connectivity index (χ3n) is 1.98. The van der Waals surface area contributed by atoms with Gasteiger partial charge in [0, 0.05) is 6.20 Å². The maximum atomic E-state index is 13.7. The van der Waals surface area contributed by atoms with Crippen LogP contribution in [0.4, 0.5) is 4.39 Å². The van der Waals surface area contributed by atoms with Gasteiger partial charge in [-0.15, -0.1) is 0 Å². The fraction of sp³-hybridized carbons (Fsp3) is 0.100. The Labute approximate surface area is 90.5 Å². The summed E-state index contributed by atoms with van der Waals surface area (Å²) < 4.78 is 19.1. The molecule has 0 spiro atoms. The Bertz CT molecular complexity index is 510. The zero-order valence-corrected chi connectivity index (χ0v) is 8.42. The van der Waals surface area contributed by atoms with Crippen LogP contribution in [0.5, 0.6) is 0 Å². The minimum atomic E-state index is -0.787. The van der Waals surface area contributed by atoms with Gasteiger partial charge >= 0.3 is 5.97 Å². The number of aromatic nitrogens is 3. The summed E-state index contributed by atoms with van der Waals surface area (Å²) in [6.07, 6.45) is 2.62. The fourth-order valence-corrected chi connectivity index (χ4v) is 1.22. The molecule has 0 saturated heterocycles. The van der Waals surface area contributed by atoms with E-state index >= 15 is 0 Å². The van der Waals surface area contributed by atoms with Gasteiger partial charge in [0.25, 0.3) is 0 Å². The molecule has 0 N–H and O–H groups in total. The first kappa shape index (κ1) is 10.3. The fourth-order valence-electron chi connectivity index (χ4n) is 1.22. The second-order valence-electron chi connectivity index (χ2n) is 2.94. The van der Waals surface area contributed by atoms with E-state index in [-0.39, 0.29) is 5.56 Å². The molecular formula is C10H8FN3O2. The highest BCUT2D eigenvalue weighted by Gasteiger charge is 2.19. The summed E-state index contributed by atoms with van der Waals surface area (Å²) in [5, 5.41) is 3.73. The minimum absolute atomic E-state index is 0.215. The van der Waals surface area contributed by atoms with Crippen LogP contribution in [-0.2, 0) is 4.74 Å². The van der Waals surface area contributed by atoms with Crippen LogP contribution in [0.25, 0.3) is 5.82 Å². The first-order valence-electron chi connectivity index (χ1n) is 4.47. The number of esters is 1. The summed E-state index contributed by atoms with van der Waals surface area (Å²) in [5.74, 6) is -1.25. The highest BCUT2D eigenvalue weighted by Crippen LogP contribution is 2.11. The van der Waals surface area contributed by atoms with Gasteiger partial charge in [-0.25, -0.2) is 9.78 Å². The van der Waals surface area contributed by atoms with E-state index in [4.69, 9.17) is 0 Å². The van der Waals surface area contributed by atoms with Crippen LogP contribution in [0.15, 0.2) is 30.6 Å². The van der Waals surface area contributed by atoms with Crippen molar-refractivity contribution in [3.8, 4) is 5.82 Å². The number of halogens is 1. The molecule has 2 rings (SSSR count). The normalized spacial score (nSPS) is 10.1. The quantitative estimate of drug-likeness (QED) is 0.715. The van der Waals surface area contributed by atoms with Crippen molar-refractivity contribution in [3.63, 3.8) is 0 Å². The lowest BCUT2D eigenvalue weighted by Gasteiger charge is -2.00. The van der Waals surface area contributed by atoms with Crippen LogP contribution < -0.4 is 0 Å². The second kappa shape index (κ2) is 4.09. The van der Waals surface area contributed by atoms with Crippen LogP contribution in [-0.4, -0.2) is 27.8 Å². The molecule has 0 bridgehead atoms. The van der Waals surface area contributed by atoms with Gasteiger partial charge < -0.3 is 4.74 Å². The highest BCUT2D eigenvalue weighted by molar-refractivity contribution is 5.89. The predicted molar refractivity (Wildman–Crippen MR) is 52.7 cm³/mol. The summed E-state index contributed by atoms with van der Waals surface area (Å²) in [7, 11) is 1.18. The molecule has 0 radical (unpaired) electrons. The molecule has 0 fully saturated rings. The molecule has 0 unspecified atom stereocenters. The van der Waals surface area contributed by atoms with Crippen LogP contribution in [0.3, 0.4) is 0 Å². The van der Waals surface area contributed by atoms with E-state index in [1.54, 1.807) is 18.2 Å². The van der Waals surface area contributed by atoms with Crippen molar-refractivity contribution in [2.45, 2.75) is 0 Å². The maximum absolute atomic E-state index is 13.7. The average Bonchev–Trinajstić information content (AvgIpc) is 2.71. The number of carbonyl (C=O) groups is 1. The molecule has 0 amide bonds. The molecule has 2 heterocycles. The number of pyridine rings is 1. The number of carbonyl (C=O) groups excluding carboxylic acids is 1. The predicted octanol–water partition coefficient (Wildman–Crippen LogP) is 1.19. The number of nitrogens with zero attached hydrogens (tertiary/aromatic N) is 3. The lowest BCUT2D eigenvalue weighted by molar-refractivity contribution is 0.0595. The third kappa shape index (κ3) is 1.65. The zero-order valence-electron chi connectivity index (χ0n) is 8.42. The SMILES string of the molecule is COC(=O)c1cnn(-c2ccccn2)c1F. The van der Waals surface area contributed by atoms with E-state index in [9.17, 15) is 9.18 Å². The van der Waals surface area contributed by atoms with Gasteiger partial charge in [-0.3, -0.25) is 0 Å². The molecule has 5 nitrogen and oxygen atoms in total. The number of hydrogen-bond donors (Lipinski definition) is 0. The Balaban J connectivity index is 2.45. The van der Waals surface area contributed by atoms with E-state index in [1.165, 1.54) is 13.3 Å². The van der Waals surface area contributed by atoms with Gasteiger partial charge in [-0.1, -0.05) is 6.07 Å². The number of hydrogen-bond acceptors (Lipinski definition) is 4. The van der Waals surface area contributed by atoms with E-state index in [0.717, 1.165) is 10.9 Å². The Kier molecular flexibility index (Phi) is 2.63. The van der Waals surface area contributed by atoms with Crippen molar-refractivity contribution < 1.29 is 13.9 Å². The summed E-state index contributed by atoms with van der Waals surface area (Å²) in [5.41, 5.74) is -0.215. The van der Waals surface area contributed by atoms with E-state index in [1.807, 2.05) is 0 Å². The van der Waals surface area contributed by atoms with Gasteiger partial charge in [0.05, 0.1) is 13.3 Å². The molecule has 82 valence electrons. The Morgan fingerprint density at radius 3 is 2.94 bits per heavy atom. The number of ether oxygens (including phenoxy) is 1. The lowest BCUT2D eigenvalue weighted by Crippen LogP contribution is -2.06. The van der Waals surface area contributed by atoms with Gasteiger partial charge in [-0.2, -0.15) is 14.2 Å². The first-order chi connectivity index (χ1) is 7.74. The van der Waals surface area contributed by atoms with E-state index < -0.39 is 11.9 Å². The minimum Gasteiger partial charge on any atom is -0.465 e. The molecule has 0 atom stereocenters. The summed E-state index contributed by atoms with van der Waals surface area (Å²) in [6.45, 7) is 0. The molecule has 6 heteroatoms. The van der Waals surface area contributed by atoms with Crippen LogP contribution >= 0.6 is 0 Å². The monoisotopic (exact) mass is 221 g/mol. The second-order valence-corrected chi connectivity index (χ2v) is 2.94. The smallest absolute Gasteiger partial charge is 0.344 e. The largest absolute Gasteiger partial charge is 0.465 e. The summed E-state index contributed by atoms with van der Waals surface area (Å²) >= 11 is 0. The average molecular weight is 221 g/mol. The highest BCUT2D eigenvalue weighted by atomic mass is 19.1.